The Morgan fingerprint density at radius 3 is 2.24 bits per heavy atom. The van der Waals surface area contributed by atoms with E-state index in [9.17, 15) is 14.7 Å². The number of aryl methyl sites for hydroxylation is 1. The summed E-state index contributed by atoms with van der Waals surface area (Å²) in [5, 5.41) is 23.9. The Morgan fingerprint density at radius 1 is 0.898 bits per heavy atom. The zero-order valence-corrected chi connectivity index (χ0v) is 37.6. The number of carbonyl (C=O) groups is 2. The first-order valence-corrected chi connectivity index (χ1v) is 27.6. The Balaban J connectivity index is 1.58. The highest BCUT2D eigenvalue weighted by atomic mass is 28.3. The number of nitrogens with zero attached hydrogens (tertiary/aromatic N) is 3. The zero-order valence-electron chi connectivity index (χ0n) is 35.6. The molecule has 2 amide bonds. The molecule has 5 rings (SSSR count). The molecule has 0 aliphatic heterocycles. The van der Waals surface area contributed by atoms with Gasteiger partial charge in [0.2, 0.25) is 0 Å². The van der Waals surface area contributed by atoms with Gasteiger partial charge >= 0.3 is 6.09 Å². The Kier molecular flexibility index (Phi) is 15.4. The molecule has 0 spiro atoms. The molecule has 0 saturated carbocycles. The highest BCUT2D eigenvalue weighted by Crippen LogP contribution is 2.36. The summed E-state index contributed by atoms with van der Waals surface area (Å²) < 4.78 is 35.1. The number of hydrogen-bond donors (Lipinski definition) is 4. The Bertz CT molecular complexity index is 2210. The van der Waals surface area contributed by atoms with Crippen molar-refractivity contribution < 1.29 is 33.3 Å². The van der Waals surface area contributed by atoms with Crippen molar-refractivity contribution in [2.24, 2.45) is 0 Å². The predicted molar refractivity (Wildman–Crippen MR) is 237 cm³/mol. The number of aromatic nitrogens is 3. The van der Waals surface area contributed by atoms with Crippen LogP contribution in [0.5, 0.6) is 5.75 Å². The molecule has 0 aliphatic rings. The van der Waals surface area contributed by atoms with Crippen molar-refractivity contribution in [1.29, 1.82) is 0 Å². The van der Waals surface area contributed by atoms with E-state index >= 15 is 4.39 Å². The Morgan fingerprint density at radius 2 is 1.58 bits per heavy atom. The number of hydrogen-bond acceptors (Lipinski definition) is 8. The van der Waals surface area contributed by atoms with Crippen LogP contribution in [0.1, 0.15) is 45.7 Å². The summed E-state index contributed by atoms with van der Waals surface area (Å²) >= 11 is 0. The molecule has 0 fully saturated rings. The first-order chi connectivity index (χ1) is 28.1. The number of carbonyl (C=O) groups excluding carboxylic acids is 1. The van der Waals surface area contributed by atoms with E-state index in [1.807, 2.05) is 67.6 Å². The number of anilines is 1. The maximum atomic E-state index is 15.9. The molecule has 15 heteroatoms. The lowest BCUT2D eigenvalue weighted by molar-refractivity contribution is 0.0197. The van der Waals surface area contributed by atoms with Gasteiger partial charge in [-0.05, 0) is 65.4 Å². The van der Waals surface area contributed by atoms with Crippen LogP contribution in [0, 0.1) is 5.82 Å². The average Bonchev–Trinajstić information content (AvgIpc) is 3.56. The number of rotatable bonds is 21. The number of carboxylic acid groups (broad SMARTS) is 1. The predicted octanol–water partition coefficient (Wildman–Crippen LogP) is 9.33. The molecule has 12 nitrogen and oxygen atoms in total. The van der Waals surface area contributed by atoms with Crippen LogP contribution in [-0.2, 0) is 35.6 Å². The summed E-state index contributed by atoms with van der Waals surface area (Å²) in [4.78, 5) is 30.6. The van der Waals surface area contributed by atoms with E-state index in [0.29, 0.717) is 54.0 Å². The van der Waals surface area contributed by atoms with E-state index in [1.165, 1.54) is 6.07 Å². The monoisotopic (exact) mass is 842 g/mol. The van der Waals surface area contributed by atoms with E-state index in [1.54, 1.807) is 17.8 Å². The van der Waals surface area contributed by atoms with Gasteiger partial charge in [-0.3, -0.25) is 4.79 Å². The van der Waals surface area contributed by atoms with Crippen molar-refractivity contribution in [3.05, 3.63) is 107 Å². The van der Waals surface area contributed by atoms with Crippen LogP contribution in [0.15, 0.2) is 72.8 Å². The molecule has 5 aromatic rings. The van der Waals surface area contributed by atoms with Gasteiger partial charge in [-0.2, -0.15) is 5.10 Å². The minimum Gasteiger partial charge on any atom is -0.465 e. The summed E-state index contributed by atoms with van der Waals surface area (Å²) in [6.07, 6.45) is -0.145. The summed E-state index contributed by atoms with van der Waals surface area (Å²) in [7, 11) is -1.13. The second kappa shape index (κ2) is 20.2. The van der Waals surface area contributed by atoms with Crippen molar-refractivity contribution in [3.63, 3.8) is 0 Å². The molecule has 0 bridgehead atoms. The first-order valence-electron chi connectivity index (χ1n) is 20.2. The fraction of sp³-hybridized carbons (Fsp3) is 0.409. The van der Waals surface area contributed by atoms with Gasteiger partial charge in [-0.25, -0.2) is 18.9 Å². The lowest BCUT2D eigenvalue weighted by Gasteiger charge is -2.21. The summed E-state index contributed by atoms with van der Waals surface area (Å²) in [5.41, 5.74) is 5.13. The van der Waals surface area contributed by atoms with Crippen molar-refractivity contribution in [2.45, 2.75) is 90.5 Å². The fourth-order valence-corrected chi connectivity index (χ4v) is 8.11. The molecule has 4 N–H and O–H groups in total. The minimum atomic E-state index is -1.39. The molecule has 3 aromatic carbocycles. The number of benzene rings is 3. The van der Waals surface area contributed by atoms with Gasteiger partial charge < -0.3 is 35.3 Å². The van der Waals surface area contributed by atoms with Crippen molar-refractivity contribution >= 4 is 44.9 Å². The Labute approximate surface area is 348 Å². The first kappa shape index (κ1) is 45.0. The van der Waals surface area contributed by atoms with Crippen molar-refractivity contribution in [3.8, 4) is 17.0 Å². The van der Waals surface area contributed by atoms with Crippen LogP contribution in [0.2, 0.25) is 51.4 Å². The molecule has 2 aromatic heterocycles. The highest BCUT2D eigenvalue weighted by molar-refractivity contribution is 6.76. The average molecular weight is 843 g/mol. The lowest BCUT2D eigenvalue weighted by Crippen LogP contribution is -2.29. The normalized spacial score (nSPS) is 12.4. The lowest BCUT2D eigenvalue weighted by atomic mass is 9.94. The molecule has 1 atom stereocenters. The van der Waals surface area contributed by atoms with Gasteiger partial charge in [0.05, 0.1) is 22.6 Å². The molecular formula is C44H59FN6O6Si2. The topological polar surface area (TPSA) is 149 Å². The standard InChI is InChI=1S/C44H59FN6O6Si2/c1-9-31-24-39(57-29-56-20-22-59(6,7)8)35(45)25-34(31)37-26-38-40(41(43(52)46-2)50-51(38)28-55-19-21-58(3,4)5)42(48-37)47-27-32-17-13-14-18-33(32)36(49-44(53)54)23-30-15-11-10-12-16-30/h10-18,24-26,36,49H,9,19-23,27-29H2,1-8H3,(H,46,52)(H,47,48)(H,53,54). The number of halogens is 1. The summed E-state index contributed by atoms with van der Waals surface area (Å²) in [6.45, 7) is 17.0. The third-order valence-corrected chi connectivity index (χ3v) is 13.4. The second-order valence-corrected chi connectivity index (χ2v) is 28.3. The van der Waals surface area contributed by atoms with Gasteiger partial charge in [0.15, 0.2) is 24.1 Å². The fourth-order valence-electron chi connectivity index (χ4n) is 6.60. The smallest absolute Gasteiger partial charge is 0.405 e. The van der Waals surface area contributed by atoms with E-state index in [4.69, 9.17) is 24.3 Å². The molecule has 0 aliphatic carbocycles. The van der Waals surface area contributed by atoms with Gasteiger partial charge in [0.1, 0.15) is 12.5 Å². The van der Waals surface area contributed by atoms with Crippen LogP contribution in [0.25, 0.3) is 22.2 Å². The van der Waals surface area contributed by atoms with Crippen LogP contribution in [0.3, 0.4) is 0 Å². The molecule has 0 radical (unpaired) electrons. The van der Waals surface area contributed by atoms with Gasteiger partial charge in [-0.15, -0.1) is 0 Å². The van der Waals surface area contributed by atoms with Gasteiger partial charge in [-0.1, -0.05) is 101 Å². The van der Waals surface area contributed by atoms with Crippen LogP contribution < -0.4 is 20.7 Å². The Hall–Kier alpha value is -5.10. The maximum Gasteiger partial charge on any atom is 0.405 e. The maximum absolute atomic E-state index is 15.9. The van der Waals surface area contributed by atoms with E-state index in [-0.39, 0.29) is 31.5 Å². The number of nitrogens with one attached hydrogen (secondary N) is 3. The van der Waals surface area contributed by atoms with E-state index in [2.05, 4.69) is 55.2 Å². The van der Waals surface area contributed by atoms with Crippen LogP contribution in [-0.4, -0.2) is 75.1 Å². The van der Waals surface area contributed by atoms with Gasteiger partial charge in [0, 0.05) is 48.5 Å². The molecule has 1 unspecified atom stereocenters. The zero-order chi connectivity index (χ0) is 42.7. The summed E-state index contributed by atoms with van der Waals surface area (Å²) in [6, 6.07) is 23.6. The third-order valence-electron chi connectivity index (χ3n) is 9.95. The minimum absolute atomic E-state index is 0.0585. The molecular weight excluding hydrogens is 784 g/mol. The highest BCUT2D eigenvalue weighted by Gasteiger charge is 2.25. The van der Waals surface area contributed by atoms with Crippen LogP contribution in [0.4, 0.5) is 15.0 Å². The number of amides is 2. The van der Waals surface area contributed by atoms with E-state index in [0.717, 1.165) is 34.3 Å². The number of pyridine rings is 1. The van der Waals surface area contributed by atoms with Crippen molar-refractivity contribution in [2.75, 3.05) is 32.4 Å². The quantitative estimate of drug-likeness (QED) is 0.0322. The number of ether oxygens (including phenoxy) is 3. The summed E-state index contributed by atoms with van der Waals surface area (Å²) in [5.74, 6) is -0.515. The second-order valence-electron chi connectivity index (χ2n) is 17.0. The molecule has 59 heavy (non-hydrogen) atoms. The SMILES string of the molecule is CCc1cc(OCOCC[Si](C)(C)C)c(F)cc1-c1cc2c(c(NCc3ccccc3C(Cc3ccccc3)NC(=O)O)n1)c(C(=O)NC)nn2COCC[Si](C)(C)C. The van der Waals surface area contributed by atoms with Crippen LogP contribution >= 0.6 is 0 Å². The number of fused-ring (bicyclic) bond motifs is 1. The van der Waals surface area contributed by atoms with Gasteiger partial charge in [0.25, 0.3) is 5.91 Å². The molecule has 316 valence electrons. The molecule has 2 heterocycles. The van der Waals surface area contributed by atoms with Crippen molar-refractivity contribution in [1.82, 2.24) is 25.4 Å². The van der Waals surface area contributed by atoms with E-state index < -0.39 is 40.0 Å². The largest absolute Gasteiger partial charge is 0.465 e. The molecule has 0 saturated heterocycles. The third kappa shape index (κ3) is 12.7.